The van der Waals surface area contributed by atoms with Crippen molar-refractivity contribution in [1.82, 2.24) is 10.3 Å². The highest BCUT2D eigenvalue weighted by Crippen LogP contribution is 2.04. The first-order chi connectivity index (χ1) is 8.04. The molecule has 0 saturated heterocycles. The summed E-state index contributed by atoms with van der Waals surface area (Å²) in [5, 5.41) is 2.83. The first-order valence-corrected chi connectivity index (χ1v) is 6.00. The van der Waals surface area contributed by atoms with Gasteiger partial charge in [-0.05, 0) is 23.5 Å². The monoisotopic (exact) mass is 235 g/mol. The van der Waals surface area contributed by atoms with E-state index in [0.29, 0.717) is 6.54 Å². The highest BCUT2D eigenvalue weighted by Gasteiger charge is 2.16. The molecule has 0 bridgehead atoms. The maximum atomic E-state index is 11.7. The van der Waals surface area contributed by atoms with Crippen LogP contribution in [-0.2, 0) is 17.8 Å². The van der Waals surface area contributed by atoms with Crippen molar-refractivity contribution >= 4 is 5.91 Å². The van der Waals surface area contributed by atoms with Crippen LogP contribution in [0.5, 0.6) is 0 Å². The maximum absolute atomic E-state index is 11.7. The van der Waals surface area contributed by atoms with E-state index >= 15 is 0 Å². The fraction of sp³-hybridized carbons (Fsp3) is 0.538. The van der Waals surface area contributed by atoms with Gasteiger partial charge in [0.15, 0.2) is 0 Å². The van der Waals surface area contributed by atoms with Crippen molar-refractivity contribution in [2.45, 2.75) is 39.8 Å². The second kappa shape index (κ2) is 6.35. The lowest BCUT2D eigenvalue weighted by atomic mass is 10.0. The van der Waals surface area contributed by atoms with Crippen molar-refractivity contribution in [3.05, 3.63) is 29.6 Å². The predicted molar refractivity (Wildman–Crippen MR) is 68.3 cm³/mol. The summed E-state index contributed by atoms with van der Waals surface area (Å²) < 4.78 is 0. The number of aromatic nitrogens is 1. The van der Waals surface area contributed by atoms with E-state index in [9.17, 15) is 4.79 Å². The van der Waals surface area contributed by atoms with Crippen LogP contribution >= 0.6 is 0 Å². The Balaban J connectivity index is 2.52. The van der Waals surface area contributed by atoms with Crippen LogP contribution in [0.15, 0.2) is 18.5 Å². The Kier molecular flexibility index (Phi) is 5.10. The zero-order valence-corrected chi connectivity index (χ0v) is 10.7. The van der Waals surface area contributed by atoms with Gasteiger partial charge in [-0.25, -0.2) is 0 Å². The number of carbonyl (C=O) groups is 1. The van der Waals surface area contributed by atoms with E-state index in [0.717, 1.165) is 12.0 Å². The number of aryl methyl sites for hydroxylation is 1. The molecule has 0 fully saturated rings. The Hall–Kier alpha value is -1.42. The highest BCUT2D eigenvalue weighted by molar-refractivity contribution is 5.81. The normalized spacial score (nSPS) is 12.5. The summed E-state index contributed by atoms with van der Waals surface area (Å²) in [6, 6.07) is 1.60. The van der Waals surface area contributed by atoms with Gasteiger partial charge < -0.3 is 11.1 Å². The van der Waals surface area contributed by atoms with E-state index < -0.39 is 6.04 Å². The quantitative estimate of drug-likeness (QED) is 0.807. The fourth-order valence-corrected chi connectivity index (χ4v) is 1.44. The van der Waals surface area contributed by atoms with Crippen LogP contribution in [0, 0.1) is 5.92 Å². The molecule has 0 aliphatic rings. The minimum absolute atomic E-state index is 0.109. The molecular formula is C13H21N3O. The molecule has 0 radical (unpaired) electrons. The van der Waals surface area contributed by atoms with Gasteiger partial charge in [-0.3, -0.25) is 9.78 Å². The number of carbonyl (C=O) groups excluding carboxylic acids is 1. The van der Waals surface area contributed by atoms with Gasteiger partial charge in [-0.2, -0.15) is 0 Å². The van der Waals surface area contributed by atoms with Gasteiger partial charge in [-0.1, -0.05) is 26.8 Å². The number of nitrogens with two attached hydrogens (primary N) is 1. The Bertz CT molecular complexity index is 377. The molecule has 17 heavy (non-hydrogen) atoms. The van der Waals surface area contributed by atoms with Crippen LogP contribution in [0.1, 0.15) is 31.9 Å². The molecule has 0 spiro atoms. The number of hydrogen-bond donors (Lipinski definition) is 2. The minimum atomic E-state index is -0.447. The number of hydrogen-bond acceptors (Lipinski definition) is 3. The van der Waals surface area contributed by atoms with Crippen LogP contribution < -0.4 is 11.1 Å². The molecule has 0 aromatic carbocycles. The molecule has 94 valence electrons. The molecule has 1 aromatic heterocycles. The van der Waals surface area contributed by atoms with Gasteiger partial charge in [0.05, 0.1) is 6.04 Å². The molecule has 4 heteroatoms. The zero-order valence-electron chi connectivity index (χ0n) is 10.7. The summed E-state index contributed by atoms with van der Waals surface area (Å²) in [6.45, 7) is 6.43. The Labute approximate surface area is 103 Å². The Morgan fingerprint density at radius 3 is 2.65 bits per heavy atom. The van der Waals surface area contributed by atoms with E-state index in [-0.39, 0.29) is 11.8 Å². The largest absolute Gasteiger partial charge is 0.351 e. The number of rotatable bonds is 5. The van der Waals surface area contributed by atoms with E-state index in [2.05, 4.69) is 17.2 Å². The van der Waals surface area contributed by atoms with Crippen molar-refractivity contribution < 1.29 is 4.79 Å². The smallest absolute Gasteiger partial charge is 0.237 e. The van der Waals surface area contributed by atoms with Crippen LogP contribution in [0.3, 0.4) is 0 Å². The van der Waals surface area contributed by atoms with Crippen molar-refractivity contribution in [2.24, 2.45) is 11.7 Å². The SMILES string of the molecule is CCc1cncc(CNC(=O)C(N)C(C)C)c1. The van der Waals surface area contributed by atoms with Gasteiger partial charge in [-0.15, -0.1) is 0 Å². The van der Waals surface area contributed by atoms with Gasteiger partial charge in [0, 0.05) is 18.9 Å². The zero-order chi connectivity index (χ0) is 12.8. The van der Waals surface area contributed by atoms with Crippen molar-refractivity contribution in [3.8, 4) is 0 Å². The molecule has 3 N–H and O–H groups in total. The second-order valence-electron chi connectivity index (χ2n) is 4.54. The molecule has 1 unspecified atom stereocenters. The molecule has 1 heterocycles. The lowest BCUT2D eigenvalue weighted by molar-refractivity contribution is -0.123. The predicted octanol–water partition coefficient (Wildman–Crippen LogP) is 1.24. The lowest BCUT2D eigenvalue weighted by Crippen LogP contribution is -2.43. The topological polar surface area (TPSA) is 68.0 Å². The number of amides is 1. The van der Waals surface area contributed by atoms with E-state index in [1.165, 1.54) is 5.56 Å². The van der Waals surface area contributed by atoms with Crippen LogP contribution in [0.2, 0.25) is 0 Å². The summed E-state index contributed by atoms with van der Waals surface area (Å²) in [7, 11) is 0. The Morgan fingerprint density at radius 1 is 1.41 bits per heavy atom. The number of nitrogens with one attached hydrogen (secondary N) is 1. The van der Waals surface area contributed by atoms with Crippen LogP contribution in [0.4, 0.5) is 0 Å². The summed E-state index contributed by atoms with van der Waals surface area (Å²) in [5.41, 5.74) is 7.93. The van der Waals surface area contributed by atoms with Gasteiger partial charge in [0.2, 0.25) is 5.91 Å². The molecule has 0 aliphatic heterocycles. The average Bonchev–Trinajstić information content (AvgIpc) is 2.35. The summed E-state index contributed by atoms with van der Waals surface area (Å²) in [4.78, 5) is 15.8. The van der Waals surface area contributed by atoms with Crippen molar-refractivity contribution in [3.63, 3.8) is 0 Å². The molecule has 1 rings (SSSR count). The first kappa shape index (κ1) is 13.6. The van der Waals surface area contributed by atoms with Crippen LogP contribution in [0.25, 0.3) is 0 Å². The van der Waals surface area contributed by atoms with Crippen molar-refractivity contribution in [1.29, 1.82) is 0 Å². The van der Waals surface area contributed by atoms with E-state index in [1.54, 1.807) is 6.20 Å². The average molecular weight is 235 g/mol. The van der Waals surface area contributed by atoms with Crippen molar-refractivity contribution in [2.75, 3.05) is 0 Å². The third-order valence-corrected chi connectivity index (χ3v) is 2.75. The van der Waals surface area contributed by atoms with Gasteiger partial charge >= 0.3 is 0 Å². The minimum Gasteiger partial charge on any atom is -0.351 e. The summed E-state index contributed by atoms with van der Waals surface area (Å²) >= 11 is 0. The number of nitrogens with zero attached hydrogens (tertiary/aromatic N) is 1. The van der Waals surface area contributed by atoms with Crippen LogP contribution in [-0.4, -0.2) is 16.9 Å². The maximum Gasteiger partial charge on any atom is 0.237 e. The fourth-order valence-electron chi connectivity index (χ4n) is 1.44. The highest BCUT2D eigenvalue weighted by atomic mass is 16.2. The molecule has 1 atom stereocenters. The Morgan fingerprint density at radius 2 is 2.06 bits per heavy atom. The molecular weight excluding hydrogens is 214 g/mol. The summed E-state index contributed by atoms with van der Waals surface area (Å²) in [5.74, 6) is 0.0389. The third-order valence-electron chi connectivity index (χ3n) is 2.75. The molecule has 1 amide bonds. The number of pyridine rings is 1. The summed E-state index contributed by atoms with van der Waals surface area (Å²) in [6.07, 6.45) is 4.55. The lowest BCUT2D eigenvalue weighted by Gasteiger charge is -2.15. The first-order valence-electron chi connectivity index (χ1n) is 6.00. The van der Waals surface area contributed by atoms with E-state index in [4.69, 9.17) is 5.73 Å². The molecule has 0 saturated carbocycles. The third kappa shape index (κ3) is 4.15. The second-order valence-corrected chi connectivity index (χ2v) is 4.54. The molecule has 1 aromatic rings. The van der Waals surface area contributed by atoms with Gasteiger partial charge in [0.1, 0.15) is 0 Å². The van der Waals surface area contributed by atoms with E-state index in [1.807, 2.05) is 26.1 Å². The standard InChI is InChI=1S/C13H21N3O/c1-4-10-5-11(7-15-6-10)8-16-13(17)12(14)9(2)3/h5-7,9,12H,4,8,14H2,1-3H3,(H,16,17). The molecule has 0 aliphatic carbocycles. The molecule has 4 nitrogen and oxygen atoms in total. The van der Waals surface area contributed by atoms with Gasteiger partial charge in [0.25, 0.3) is 0 Å².